The monoisotopic (exact) mass is 375 g/mol. The van der Waals surface area contributed by atoms with Crippen molar-refractivity contribution in [1.29, 1.82) is 0 Å². The number of benzene rings is 2. The lowest BCUT2D eigenvalue weighted by Gasteiger charge is -2.26. The van der Waals surface area contributed by atoms with E-state index < -0.39 is 23.4 Å². The van der Waals surface area contributed by atoms with Crippen LogP contribution in [0, 0.1) is 5.82 Å². The highest BCUT2D eigenvalue weighted by atomic mass is 35.5. The van der Waals surface area contributed by atoms with Crippen LogP contribution in [0.15, 0.2) is 24.3 Å². The van der Waals surface area contributed by atoms with Crippen LogP contribution in [0.5, 0.6) is 0 Å². The maximum atomic E-state index is 13.7. The summed E-state index contributed by atoms with van der Waals surface area (Å²) in [6, 6.07) is 4.73. The average molecular weight is 376 g/mol. The number of hydrogen-bond donors (Lipinski definition) is 5. The van der Waals surface area contributed by atoms with E-state index in [9.17, 15) is 19.1 Å². The minimum Gasteiger partial charge on any atom is -0.398 e. The zero-order chi connectivity index (χ0) is 18.8. The van der Waals surface area contributed by atoms with Crippen molar-refractivity contribution in [3.05, 3.63) is 57.5 Å². The number of carbonyl (C=O) groups is 2. The van der Waals surface area contributed by atoms with Gasteiger partial charge in [0, 0.05) is 27.2 Å². The Morgan fingerprint density at radius 1 is 1.35 bits per heavy atom. The van der Waals surface area contributed by atoms with Crippen molar-refractivity contribution in [3.8, 4) is 0 Å². The molecule has 7 N–H and O–H groups in total. The first-order chi connectivity index (χ1) is 12.2. The molecule has 1 unspecified atom stereocenters. The van der Waals surface area contributed by atoms with Gasteiger partial charge >= 0.3 is 0 Å². The molecule has 1 atom stereocenters. The van der Waals surface area contributed by atoms with E-state index in [0.29, 0.717) is 0 Å². The van der Waals surface area contributed by atoms with Crippen molar-refractivity contribution < 1.29 is 19.1 Å². The van der Waals surface area contributed by atoms with Crippen LogP contribution in [-0.4, -0.2) is 27.1 Å². The Kier molecular flexibility index (Phi) is 3.24. The summed E-state index contributed by atoms with van der Waals surface area (Å²) in [5.74, 6) is -2.16. The van der Waals surface area contributed by atoms with E-state index in [1.54, 1.807) is 0 Å². The van der Waals surface area contributed by atoms with Crippen LogP contribution in [-0.2, 0) is 5.72 Å². The first-order valence-electron chi connectivity index (χ1n) is 7.35. The number of hydrogen-bond acceptors (Lipinski definition) is 5. The topological polar surface area (TPSA) is 147 Å². The molecule has 1 aliphatic rings. The Hall–Kier alpha value is -3.17. The second-order valence-corrected chi connectivity index (χ2v) is 6.27. The number of H-pyrrole nitrogens is 1. The van der Waals surface area contributed by atoms with Gasteiger partial charge in [0.05, 0.1) is 11.1 Å². The van der Waals surface area contributed by atoms with Crippen LogP contribution in [0.4, 0.5) is 10.1 Å². The van der Waals surface area contributed by atoms with Crippen molar-refractivity contribution in [3.63, 3.8) is 0 Å². The number of primary amides is 1. The predicted molar refractivity (Wildman–Crippen MR) is 90.9 cm³/mol. The number of halogens is 2. The van der Waals surface area contributed by atoms with Gasteiger partial charge in [-0.3, -0.25) is 14.7 Å². The van der Waals surface area contributed by atoms with E-state index in [1.807, 2.05) is 0 Å². The lowest BCUT2D eigenvalue weighted by molar-refractivity contribution is 0.0479. The van der Waals surface area contributed by atoms with Gasteiger partial charge in [-0.1, -0.05) is 11.6 Å². The molecule has 3 aromatic rings. The molecule has 10 heteroatoms. The third-order valence-corrected chi connectivity index (χ3v) is 4.66. The summed E-state index contributed by atoms with van der Waals surface area (Å²) in [6.07, 6.45) is 0. The number of nitrogens with two attached hydrogens (primary N) is 2. The molecule has 26 heavy (non-hydrogen) atoms. The van der Waals surface area contributed by atoms with Crippen molar-refractivity contribution in [2.24, 2.45) is 5.73 Å². The van der Waals surface area contributed by atoms with Crippen LogP contribution in [0.3, 0.4) is 0 Å². The zero-order valence-electron chi connectivity index (χ0n) is 12.9. The lowest BCUT2D eigenvalue weighted by atomic mass is 9.91. The fourth-order valence-electron chi connectivity index (χ4n) is 3.25. The number of aromatic nitrogens is 2. The second kappa shape index (κ2) is 5.16. The molecule has 0 aliphatic carbocycles. The fraction of sp³-hybridized carbons (Fsp3) is 0.0625. The minimum atomic E-state index is -2.15. The largest absolute Gasteiger partial charge is 0.398 e. The molecular formula is C16H11ClFN5O3. The predicted octanol–water partition coefficient (Wildman–Crippen LogP) is 0.973. The van der Waals surface area contributed by atoms with Gasteiger partial charge in [-0.2, -0.15) is 5.10 Å². The highest BCUT2D eigenvalue weighted by Crippen LogP contribution is 2.44. The molecule has 2 heterocycles. The van der Waals surface area contributed by atoms with E-state index in [0.717, 1.165) is 12.1 Å². The van der Waals surface area contributed by atoms with Gasteiger partial charge < -0.3 is 21.9 Å². The highest BCUT2D eigenvalue weighted by Gasteiger charge is 2.47. The molecule has 0 saturated heterocycles. The molecular weight excluding hydrogens is 365 g/mol. The van der Waals surface area contributed by atoms with Gasteiger partial charge in [0.1, 0.15) is 5.82 Å². The molecule has 8 nitrogen and oxygen atoms in total. The van der Waals surface area contributed by atoms with Crippen LogP contribution in [0.25, 0.3) is 10.9 Å². The van der Waals surface area contributed by atoms with Crippen LogP contribution < -0.4 is 16.8 Å². The quantitative estimate of drug-likeness (QED) is 0.423. The number of amides is 2. The summed E-state index contributed by atoms with van der Waals surface area (Å²) in [5, 5.41) is 20.2. The Balaban J connectivity index is 2.07. The SMILES string of the molecule is NC(=O)c1n[nH]c2c3c(c(N)cc12)C(O)(c1cc(F)ccc1Cl)NC3=O. The third-order valence-electron chi connectivity index (χ3n) is 4.33. The molecule has 2 amide bonds. The Morgan fingerprint density at radius 3 is 2.77 bits per heavy atom. The molecule has 1 aliphatic heterocycles. The molecule has 0 radical (unpaired) electrons. The number of rotatable bonds is 2. The Labute approximate surface area is 149 Å². The molecule has 1 aromatic heterocycles. The van der Waals surface area contributed by atoms with Crippen molar-refractivity contribution in [2.75, 3.05) is 5.73 Å². The van der Waals surface area contributed by atoms with Crippen molar-refractivity contribution >= 4 is 40.0 Å². The van der Waals surface area contributed by atoms with Crippen LogP contribution >= 0.6 is 11.6 Å². The van der Waals surface area contributed by atoms with Gasteiger partial charge in [0.15, 0.2) is 11.4 Å². The standard InChI is InChI=1S/C16H11ClFN5O3/c17-8-2-1-5(18)3-7(8)16(26)11-9(19)4-6-12(10(11)15(25)21-16)22-23-13(6)14(20)24/h1-4,26H,19H2,(H2,20,24)(H,21,25)(H,22,23). The van der Waals surface area contributed by atoms with Crippen molar-refractivity contribution in [2.45, 2.75) is 5.72 Å². The summed E-state index contributed by atoms with van der Waals surface area (Å²) in [4.78, 5) is 24.1. The number of nitrogen functional groups attached to an aromatic ring is 1. The summed E-state index contributed by atoms with van der Waals surface area (Å²) in [7, 11) is 0. The number of nitrogens with one attached hydrogen (secondary N) is 2. The van der Waals surface area contributed by atoms with Gasteiger partial charge in [-0.25, -0.2) is 4.39 Å². The summed E-state index contributed by atoms with van der Waals surface area (Å²) in [6.45, 7) is 0. The smallest absolute Gasteiger partial charge is 0.269 e. The van der Waals surface area contributed by atoms with Gasteiger partial charge in [0.25, 0.3) is 11.8 Å². The number of nitrogens with zero attached hydrogens (tertiary/aromatic N) is 1. The molecule has 0 fully saturated rings. The van der Waals surface area contributed by atoms with Gasteiger partial charge in [-0.05, 0) is 24.3 Å². The van der Waals surface area contributed by atoms with E-state index in [4.69, 9.17) is 23.1 Å². The molecule has 132 valence electrons. The average Bonchev–Trinajstić information content (AvgIpc) is 3.09. The molecule has 2 aromatic carbocycles. The summed E-state index contributed by atoms with van der Waals surface area (Å²) in [5.41, 5.74) is 9.10. The second-order valence-electron chi connectivity index (χ2n) is 5.86. The number of aromatic amines is 1. The van der Waals surface area contributed by atoms with Crippen LogP contribution in [0.2, 0.25) is 5.02 Å². The van der Waals surface area contributed by atoms with Gasteiger partial charge in [-0.15, -0.1) is 0 Å². The van der Waals surface area contributed by atoms with Crippen LogP contribution in [0.1, 0.15) is 32.0 Å². The first kappa shape index (κ1) is 16.3. The minimum absolute atomic E-state index is 0.0119. The third kappa shape index (κ3) is 2.01. The van der Waals surface area contributed by atoms with E-state index in [1.165, 1.54) is 12.1 Å². The highest BCUT2D eigenvalue weighted by molar-refractivity contribution is 6.31. The summed E-state index contributed by atoms with van der Waals surface area (Å²) >= 11 is 6.10. The maximum absolute atomic E-state index is 13.7. The number of carbonyl (C=O) groups excluding carboxylic acids is 2. The van der Waals surface area contributed by atoms with E-state index >= 15 is 0 Å². The van der Waals surface area contributed by atoms with E-state index in [2.05, 4.69) is 15.5 Å². The summed E-state index contributed by atoms with van der Waals surface area (Å²) < 4.78 is 13.7. The van der Waals surface area contributed by atoms with E-state index in [-0.39, 0.29) is 44.0 Å². The lowest BCUT2D eigenvalue weighted by Crippen LogP contribution is -2.40. The normalized spacial score (nSPS) is 18.8. The molecule has 0 spiro atoms. The Bertz CT molecular complexity index is 1130. The number of aliphatic hydroxyl groups is 1. The fourth-order valence-corrected chi connectivity index (χ4v) is 3.50. The maximum Gasteiger partial charge on any atom is 0.269 e. The molecule has 0 bridgehead atoms. The Morgan fingerprint density at radius 2 is 2.08 bits per heavy atom. The molecule has 4 rings (SSSR count). The first-order valence-corrected chi connectivity index (χ1v) is 7.73. The van der Waals surface area contributed by atoms with Crippen molar-refractivity contribution in [1.82, 2.24) is 15.5 Å². The molecule has 0 saturated carbocycles. The van der Waals surface area contributed by atoms with Gasteiger partial charge in [0.2, 0.25) is 0 Å². The zero-order valence-corrected chi connectivity index (χ0v) is 13.7. The number of fused-ring (bicyclic) bond motifs is 3. The number of anilines is 1.